The Morgan fingerprint density at radius 1 is 0.829 bits per heavy atom. The summed E-state index contributed by atoms with van der Waals surface area (Å²) in [6.07, 6.45) is 14.7. The standard InChI is InChI=1S/C31H38N2S.ClH/c1-30(2)24-16-10-12-18-26(24)32(5)28(30)20-8-6-9-21-29-31(3,4)25-17-11-13-19-27(25)33(29)22-14-7-15-23-34;/h6,8-13,16-21H,7,14-15,22-23H2,1-5H3;1H. The van der Waals surface area contributed by atoms with Crippen LogP contribution >= 0.6 is 12.6 Å². The van der Waals surface area contributed by atoms with E-state index in [2.05, 4.69) is 136 Å². The second-order valence-corrected chi connectivity index (χ2v) is 10.9. The van der Waals surface area contributed by atoms with Gasteiger partial charge in [0.1, 0.15) is 7.05 Å². The molecule has 0 saturated carbocycles. The number of allylic oxidation sites excluding steroid dienone is 6. The zero-order valence-electron chi connectivity index (χ0n) is 21.8. The van der Waals surface area contributed by atoms with Gasteiger partial charge in [-0.1, -0.05) is 74.9 Å². The third kappa shape index (κ3) is 5.17. The molecule has 2 aromatic rings. The molecule has 186 valence electrons. The molecule has 2 aliphatic rings. The number of anilines is 1. The fourth-order valence-electron chi connectivity index (χ4n) is 5.60. The van der Waals surface area contributed by atoms with Crippen LogP contribution in [-0.2, 0) is 10.8 Å². The molecule has 0 radical (unpaired) electrons. The third-order valence-electron chi connectivity index (χ3n) is 7.51. The fourth-order valence-corrected chi connectivity index (χ4v) is 5.82. The first kappa shape index (κ1) is 27.4. The van der Waals surface area contributed by atoms with Crippen molar-refractivity contribution in [2.24, 2.45) is 0 Å². The lowest BCUT2D eigenvalue weighted by atomic mass is 9.81. The van der Waals surface area contributed by atoms with Gasteiger partial charge in [0.05, 0.1) is 5.41 Å². The van der Waals surface area contributed by atoms with Gasteiger partial charge in [-0.15, -0.1) is 0 Å². The van der Waals surface area contributed by atoms with Gasteiger partial charge in [-0.2, -0.15) is 17.2 Å². The van der Waals surface area contributed by atoms with E-state index in [1.165, 1.54) is 53.2 Å². The van der Waals surface area contributed by atoms with E-state index in [9.17, 15) is 0 Å². The lowest BCUT2D eigenvalue weighted by molar-refractivity contribution is -0.401. The number of unbranched alkanes of at least 4 members (excludes halogenated alkanes) is 2. The molecule has 0 amide bonds. The van der Waals surface area contributed by atoms with Crippen LogP contribution in [0.1, 0.15) is 58.1 Å². The normalized spacial score (nSPS) is 19.0. The molecule has 0 unspecified atom stereocenters. The van der Waals surface area contributed by atoms with Gasteiger partial charge in [0.2, 0.25) is 5.69 Å². The third-order valence-corrected chi connectivity index (χ3v) is 7.83. The smallest absolute Gasteiger partial charge is 0.209 e. The second-order valence-electron chi connectivity index (χ2n) is 10.5. The van der Waals surface area contributed by atoms with E-state index in [1.54, 1.807) is 0 Å². The van der Waals surface area contributed by atoms with Crippen molar-refractivity contribution in [2.45, 2.75) is 57.8 Å². The van der Waals surface area contributed by atoms with Crippen molar-refractivity contribution in [3.8, 4) is 0 Å². The highest BCUT2D eigenvalue weighted by molar-refractivity contribution is 7.80. The average molecular weight is 507 g/mol. The first-order valence-electron chi connectivity index (χ1n) is 12.5. The van der Waals surface area contributed by atoms with Gasteiger partial charge in [0.15, 0.2) is 5.71 Å². The monoisotopic (exact) mass is 506 g/mol. The first-order chi connectivity index (χ1) is 16.3. The van der Waals surface area contributed by atoms with Gasteiger partial charge in [-0.25, -0.2) is 0 Å². The number of fused-ring (bicyclic) bond motifs is 2. The minimum atomic E-state index is -0.00174. The maximum Gasteiger partial charge on any atom is 0.209 e. The number of thiol groups is 1. The number of rotatable bonds is 8. The molecule has 4 heteroatoms. The van der Waals surface area contributed by atoms with Crippen LogP contribution in [0, 0.1) is 0 Å². The lowest BCUT2D eigenvalue weighted by Crippen LogP contribution is -3.00. The summed E-state index contributed by atoms with van der Waals surface area (Å²) in [5, 5.41) is 0. The summed E-state index contributed by atoms with van der Waals surface area (Å²) in [5.41, 5.74) is 8.18. The number of hydrogen-bond donors (Lipinski definition) is 1. The van der Waals surface area contributed by atoms with Crippen molar-refractivity contribution in [1.82, 2.24) is 0 Å². The zero-order valence-corrected chi connectivity index (χ0v) is 23.4. The summed E-state index contributed by atoms with van der Waals surface area (Å²) >= 11 is 4.38. The number of halogens is 1. The van der Waals surface area contributed by atoms with Crippen molar-refractivity contribution in [1.29, 1.82) is 0 Å². The molecular weight excluding hydrogens is 468 g/mol. The van der Waals surface area contributed by atoms with Gasteiger partial charge in [0.25, 0.3) is 0 Å². The van der Waals surface area contributed by atoms with Gasteiger partial charge in [-0.05, 0) is 50.1 Å². The van der Waals surface area contributed by atoms with E-state index in [0.717, 1.165) is 12.3 Å². The van der Waals surface area contributed by atoms with E-state index < -0.39 is 0 Å². The van der Waals surface area contributed by atoms with E-state index >= 15 is 0 Å². The molecular formula is C31H39ClN2S. The molecule has 0 N–H and O–H groups in total. The van der Waals surface area contributed by atoms with Crippen molar-refractivity contribution in [3.63, 3.8) is 0 Å². The van der Waals surface area contributed by atoms with Crippen LogP contribution < -0.4 is 17.3 Å². The van der Waals surface area contributed by atoms with E-state index in [4.69, 9.17) is 0 Å². The quantitative estimate of drug-likeness (QED) is 0.238. The summed E-state index contributed by atoms with van der Waals surface area (Å²) in [4.78, 5) is 2.53. The van der Waals surface area contributed by atoms with E-state index in [-0.39, 0.29) is 23.2 Å². The molecule has 0 aliphatic carbocycles. The molecule has 0 spiro atoms. The van der Waals surface area contributed by atoms with Crippen molar-refractivity contribution in [3.05, 3.63) is 95.7 Å². The van der Waals surface area contributed by atoms with Crippen LogP contribution in [0.5, 0.6) is 0 Å². The van der Waals surface area contributed by atoms with Gasteiger partial charge < -0.3 is 17.3 Å². The number of nitrogens with zero attached hydrogens (tertiary/aromatic N) is 2. The number of hydrogen-bond acceptors (Lipinski definition) is 2. The van der Waals surface area contributed by atoms with Crippen molar-refractivity contribution in [2.75, 3.05) is 24.2 Å². The molecule has 0 bridgehead atoms. The Kier molecular flexibility index (Phi) is 8.77. The Morgan fingerprint density at radius 2 is 1.51 bits per heavy atom. The molecule has 0 saturated heterocycles. The van der Waals surface area contributed by atoms with Crippen LogP contribution in [0.15, 0.2) is 84.6 Å². The molecule has 35 heavy (non-hydrogen) atoms. The Hall–Kier alpha value is -2.23. The lowest BCUT2D eigenvalue weighted by Gasteiger charge is -2.27. The van der Waals surface area contributed by atoms with Crippen molar-refractivity contribution < 1.29 is 17.0 Å². The predicted molar refractivity (Wildman–Crippen MR) is 151 cm³/mol. The van der Waals surface area contributed by atoms with E-state index in [1.807, 2.05) is 0 Å². The fraction of sp³-hybridized carbons (Fsp3) is 0.387. The summed E-state index contributed by atoms with van der Waals surface area (Å²) < 4.78 is 2.32. The average Bonchev–Trinajstić information content (AvgIpc) is 3.16. The summed E-state index contributed by atoms with van der Waals surface area (Å²) in [7, 11) is 2.17. The summed E-state index contributed by atoms with van der Waals surface area (Å²) in [6.45, 7) is 10.4. The molecule has 2 nitrogen and oxygen atoms in total. The van der Waals surface area contributed by atoms with Crippen LogP contribution in [-0.4, -0.2) is 29.6 Å². The molecule has 2 aliphatic heterocycles. The maximum absolute atomic E-state index is 4.38. The van der Waals surface area contributed by atoms with Crippen LogP contribution in [0.4, 0.5) is 11.4 Å². The first-order valence-corrected chi connectivity index (χ1v) is 13.2. The Balaban J connectivity index is 0.00000342. The maximum atomic E-state index is 4.38. The number of benzene rings is 2. The molecule has 0 fully saturated rings. The molecule has 2 aromatic carbocycles. The highest BCUT2D eigenvalue weighted by Gasteiger charge is 2.42. The van der Waals surface area contributed by atoms with E-state index in [0.29, 0.717) is 0 Å². The van der Waals surface area contributed by atoms with Crippen LogP contribution in [0.2, 0.25) is 0 Å². The summed E-state index contributed by atoms with van der Waals surface area (Å²) in [6, 6.07) is 17.6. The van der Waals surface area contributed by atoms with Crippen LogP contribution in [0.25, 0.3) is 0 Å². The minimum absolute atomic E-state index is 0. The van der Waals surface area contributed by atoms with Crippen molar-refractivity contribution >= 4 is 29.7 Å². The second kappa shape index (κ2) is 11.2. The SMILES string of the molecule is C[N+]1=C(C=CC=CC=C2N(CCCCCS)c3ccccc3C2(C)C)C(C)(C)c2ccccc21.[Cl-]. The largest absolute Gasteiger partial charge is 1.00 e. The molecule has 0 atom stereocenters. The Labute approximate surface area is 224 Å². The topological polar surface area (TPSA) is 6.25 Å². The van der Waals surface area contributed by atoms with Gasteiger partial charge >= 0.3 is 0 Å². The highest BCUT2D eigenvalue weighted by Crippen LogP contribution is 2.47. The Bertz CT molecular complexity index is 1170. The number of para-hydroxylation sites is 2. The molecule has 0 aromatic heterocycles. The minimum Gasteiger partial charge on any atom is -1.00 e. The molecule has 2 heterocycles. The van der Waals surface area contributed by atoms with Crippen LogP contribution in [0.3, 0.4) is 0 Å². The van der Waals surface area contributed by atoms with Gasteiger partial charge in [0, 0.05) is 41.1 Å². The molecule has 4 rings (SSSR count). The zero-order chi connectivity index (χ0) is 24.3. The van der Waals surface area contributed by atoms with Gasteiger partial charge in [-0.3, -0.25) is 0 Å². The Morgan fingerprint density at radius 3 is 2.23 bits per heavy atom. The highest BCUT2D eigenvalue weighted by atomic mass is 35.5. The summed E-state index contributed by atoms with van der Waals surface area (Å²) in [5.74, 6) is 0.968. The predicted octanol–water partition coefficient (Wildman–Crippen LogP) is 4.59.